The Morgan fingerprint density at radius 1 is 0.810 bits per heavy atom. The van der Waals surface area contributed by atoms with Crippen molar-refractivity contribution in [1.29, 1.82) is 0 Å². The van der Waals surface area contributed by atoms with Gasteiger partial charge in [0.25, 0.3) is 0 Å². The maximum absolute atomic E-state index is 10.6. The smallest absolute Gasteiger partial charge is 0.130 e. The van der Waals surface area contributed by atoms with Crippen LogP contribution in [-0.2, 0) is 0 Å². The van der Waals surface area contributed by atoms with Crippen LogP contribution in [0.25, 0.3) is 22.3 Å². The van der Waals surface area contributed by atoms with Gasteiger partial charge < -0.3 is 9.84 Å². The highest BCUT2D eigenvalue weighted by atomic mass is 16.5. The maximum Gasteiger partial charge on any atom is 0.130 e. The van der Waals surface area contributed by atoms with Gasteiger partial charge in [0.05, 0.1) is 7.11 Å². The molecule has 2 aromatic rings. The van der Waals surface area contributed by atoms with E-state index in [2.05, 4.69) is 45.9 Å². The van der Waals surface area contributed by atoms with E-state index < -0.39 is 0 Å². The van der Waals surface area contributed by atoms with Crippen LogP contribution in [0.2, 0.25) is 0 Å². The molecule has 0 saturated carbocycles. The van der Waals surface area contributed by atoms with Crippen LogP contribution in [0.15, 0.2) is 24.3 Å². The van der Waals surface area contributed by atoms with E-state index in [1.165, 1.54) is 11.1 Å². The molecular formula is C19H22O2. The lowest BCUT2D eigenvalue weighted by molar-refractivity contribution is 0.408. The van der Waals surface area contributed by atoms with E-state index in [0.29, 0.717) is 17.6 Å². The summed E-state index contributed by atoms with van der Waals surface area (Å²) >= 11 is 0. The molecule has 1 N–H and O–H groups in total. The van der Waals surface area contributed by atoms with Crippen LogP contribution in [0.3, 0.4) is 0 Å². The van der Waals surface area contributed by atoms with Gasteiger partial charge in [-0.2, -0.15) is 0 Å². The summed E-state index contributed by atoms with van der Waals surface area (Å²) in [7, 11) is 1.71. The van der Waals surface area contributed by atoms with E-state index >= 15 is 0 Å². The van der Waals surface area contributed by atoms with Gasteiger partial charge in [-0.3, -0.25) is 0 Å². The Kier molecular flexibility index (Phi) is 3.20. The Morgan fingerprint density at radius 2 is 1.33 bits per heavy atom. The number of hydrogen-bond donors (Lipinski definition) is 1. The number of fused-ring (bicyclic) bond motifs is 4. The third kappa shape index (κ3) is 1.85. The van der Waals surface area contributed by atoms with Crippen molar-refractivity contribution in [3.05, 3.63) is 35.4 Å². The quantitative estimate of drug-likeness (QED) is 0.706. The zero-order valence-corrected chi connectivity index (χ0v) is 13.3. The molecule has 110 valence electrons. The minimum atomic E-state index is 0.304. The second kappa shape index (κ2) is 4.80. The number of rotatable bonds is 3. The van der Waals surface area contributed by atoms with Crippen LogP contribution in [0.5, 0.6) is 11.5 Å². The lowest BCUT2D eigenvalue weighted by atomic mass is 9.75. The fraction of sp³-hybridized carbons (Fsp3) is 0.368. The predicted octanol–water partition coefficient (Wildman–Crippen LogP) is 5.30. The standard InChI is InChI=1S/C19H22O2/c1-10(2)12-6-8-14-15-9-7-13(11(3)4)19(21-5)17(15)16(14)18(12)20/h6-11,20H,1-5H3. The molecule has 0 bridgehead atoms. The molecule has 2 heteroatoms. The second-order valence-corrected chi connectivity index (χ2v) is 6.35. The van der Waals surface area contributed by atoms with Crippen molar-refractivity contribution in [1.82, 2.24) is 0 Å². The highest BCUT2D eigenvalue weighted by Gasteiger charge is 2.32. The van der Waals surface area contributed by atoms with Crippen molar-refractivity contribution in [3.63, 3.8) is 0 Å². The molecule has 0 fully saturated rings. The van der Waals surface area contributed by atoms with E-state index in [-0.39, 0.29) is 0 Å². The van der Waals surface area contributed by atoms with Gasteiger partial charge in [-0.25, -0.2) is 0 Å². The third-order valence-electron chi connectivity index (χ3n) is 4.39. The summed E-state index contributed by atoms with van der Waals surface area (Å²) in [5, 5.41) is 10.6. The van der Waals surface area contributed by atoms with Gasteiger partial charge in [-0.05, 0) is 34.1 Å². The summed E-state index contributed by atoms with van der Waals surface area (Å²) in [6, 6.07) is 8.43. The minimum Gasteiger partial charge on any atom is -0.507 e. The maximum atomic E-state index is 10.6. The Hall–Kier alpha value is -1.96. The molecule has 0 radical (unpaired) electrons. The first-order valence-electron chi connectivity index (χ1n) is 7.54. The monoisotopic (exact) mass is 282 g/mol. The lowest BCUT2D eigenvalue weighted by Crippen LogP contribution is -2.07. The van der Waals surface area contributed by atoms with Crippen LogP contribution in [0, 0.1) is 0 Å². The van der Waals surface area contributed by atoms with E-state index in [9.17, 15) is 5.11 Å². The zero-order chi connectivity index (χ0) is 15.3. The highest BCUT2D eigenvalue weighted by molar-refractivity contribution is 6.08. The molecule has 0 aromatic heterocycles. The first-order valence-corrected chi connectivity index (χ1v) is 7.54. The molecule has 0 atom stereocenters. The van der Waals surface area contributed by atoms with Gasteiger partial charge in [0.2, 0.25) is 0 Å². The van der Waals surface area contributed by atoms with E-state index in [1.807, 2.05) is 6.07 Å². The fourth-order valence-corrected chi connectivity index (χ4v) is 3.23. The molecule has 1 aliphatic carbocycles. The molecule has 2 aromatic carbocycles. The minimum absolute atomic E-state index is 0.304. The molecular weight excluding hydrogens is 260 g/mol. The Labute approximate surface area is 126 Å². The van der Waals surface area contributed by atoms with Gasteiger partial charge in [-0.15, -0.1) is 0 Å². The van der Waals surface area contributed by atoms with Crippen molar-refractivity contribution in [2.45, 2.75) is 39.5 Å². The Bertz CT molecular complexity index is 712. The topological polar surface area (TPSA) is 29.5 Å². The van der Waals surface area contributed by atoms with Crippen LogP contribution in [0.1, 0.15) is 50.7 Å². The van der Waals surface area contributed by atoms with Crippen LogP contribution >= 0.6 is 0 Å². The van der Waals surface area contributed by atoms with Crippen molar-refractivity contribution in [3.8, 4) is 33.8 Å². The van der Waals surface area contributed by atoms with E-state index in [0.717, 1.165) is 28.0 Å². The molecule has 21 heavy (non-hydrogen) atoms. The van der Waals surface area contributed by atoms with Crippen LogP contribution < -0.4 is 4.74 Å². The van der Waals surface area contributed by atoms with Crippen LogP contribution in [0.4, 0.5) is 0 Å². The molecule has 0 unspecified atom stereocenters. The van der Waals surface area contributed by atoms with E-state index in [4.69, 9.17) is 4.74 Å². The molecule has 0 amide bonds. The molecule has 3 rings (SSSR count). The number of phenols is 1. The number of ether oxygens (including phenoxy) is 1. The summed E-state index contributed by atoms with van der Waals surface area (Å²) in [6.07, 6.45) is 0. The predicted molar refractivity (Wildman–Crippen MR) is 87.3 cm³/mol. The Morgan fingerprint density at radius 3 is 1.86 bits per heavy atom. The van der Waals surface area contributed by atoms with Gasteiger partial charge >= 0.3 is 0 Å². The average molecular weight is 282 g/mol. The highest BCUT2D eigenvalue weighted by Crippen LogP contribution is 2.58. The van der Waals surface area contributed by atoms with Crippen molar-refractivity contribution >= 4 is 0 Å². The molecule has 2 nitrogen and oxygen atoms in total. The first-order chi connectivity index (χ1) is 9.97. The second-order valence-electron chi connectivity index (χ2n) is 6.35. The first kappa shape index (κ1) is 14.0. The number of hydrogen-bond acceptors (Lipinski definition) is 2. The third-order valence-corrected chi connectivity index (χ3v) is 4.39. The summed E-state index contributed by atoms with van der Waals surface area (Å²) in [5.74, 6) is 2.02. The Balaban J connectivity index is 2.25. The van der Waals surface area contributed by atoms with Gasteiger partial charge in [0.1, 0.15) is 11.5 Å². The van der Waals surface area contributed by atoms with Gasteiger partial charge in [0, 0.05) is 11.1 Å². The number of phenolic OH excluding ortho intramolecular Hbond substituents is 1. The normalized spacial score (nSPS) is 12.1. The fourth-order valence-electron chi connectivity index (χ4n) is 3.23. The van der Waals surface area contributed by atoms with Gasteiger partial charge in [0.15, 0.2) is 0 Å². The summed E-state index contributed by atoms with van der Waals surface area (Å²) in [5.41, 5.74) is 6.51. The average Bonchev–Trinajstić information content (AvgIpc) is 2.42. The summed E-state index contributed by atoms with van der Waals surface area (Å²) in [6.45, 7) is 8.52. The molecule has 1 aliphatic rings. The SMILES string of the molecule is COc1c(C(C)C)ccc2c1-c1c-2ccc(C(C)C)c1O. The lowest BCUT2D eigenvalue weighted by Gasteiger charge is -2.30. The number of methoxy groups -OCH3 is 1. The summed E-state index contributed by atoms with van der Waals surface area (Å²) in [4.78, 5) is 0. The zero-order valence-electron chi connectivity index (χ0n) is 13.3. The van der Waals surface area contributed by atoms with Crippen LogP contribution in [-0.4, -0.2) is 12.2 Å². The van der Waals surface area contributed by atoms with E-state index in [1.54, 1.807) is 7.11 Å². The van der Waals surface area contributed by atoms with Crippen molar-refractivity contribution < 1.29 is 9.84 Å². The molecule has 0 spiro atoms. The van der Waals surface area contributed by atoms with Crippen molar-refractivity contribution in [2.24, 2.45) is 0 Å². The molecule has 0 aliphatic heterocycles. The number of benzene rings is 2. The largest absolute Gasteiger partial charge is 0.507 e. The molecule has 0 saturated heterocycles. The number of aromatic hydroxyl groups is 1. The summed E-state index contributed by atoms with van der Waals surface area (Å²) < 4.78 is 5.67. The molecule has 0 heterocycles. The van der Waals surface area contributed by atoms with Crippen molar-refractivity contribution in [2.75, 3.05) is 7.11 Å². The van der Waals surface area contributed by atoms with Gasteiger partial charge in [-0.1, -0.05) is 52.0 Å².